The van der Waals surface area contributed by atoms with Crippen molar-refractivity contribution in [3.05, 3.63) is 65.0 Å². The average Bonchev–Trinajstić information content (AvgIpc) is 2.51. The molecule has 3 nitrogen and oxygen atoms in total. The molecule has 0 unspecified atom stereocenters. The van der Waals surface area contributed by atoms with Gasteiger partial charge in [0.2, 0.25) is 0 Å². The Hall–Kier alpha value is -2.20. The number of aryl methyl sites for hydroxylation is 1. The van der Waals surface area contributed by atoms with Crippen LogP contribution in [0.5, 0.6) is 0 Å². The SMILES string of the molecule is CCN(C(=O)c1cc(C)ccc1F)c1ccc(CN)cc1. The van der Waals surface area contributed by atoms with Gasteiger partial charge in [-0.05, 0) is 43.7 Å². The van der Waals surface area contributed by atoms with Gasteiger partial charge in [0.15, 0.2) is 0 Å². The monoisotopic (exact) mass is 286 g/mol. The van der Waals surface area contributed by atoms with Crippen molar-refractivity contribution in [1.29, 1.82) is 0 Å². The first-order chi connectivity index (χ1) is 10.1. The summed E-state index contributed by atoms with van der Waals surface area (Å²) in [6.45, 7) is 4.62. The van der Waals surface area contributed by atoms with Gasteiger partial charge < -0.3 is 10.6 Å². The lowest BCUT2D eigenvalue weighted by Crippen LogP contribution is -2.31. The summed E-state index contributed by atoms with van der Waals surface area (Å²) < 4.78 is 13.9. The highest BCUT2D eigenvalue weighted by Crippen LogP contribution is 2.20. The van der Waals surface area contributed by atoms with Crippen LogP contribution in [0.3, 0.4) is 0 Å². The summed E-state index contributed by atoms with van der Waals surface area (Å²) in [6.07, 6.45) is 0. The van der Waals surface area contributed by atoms with Gasteiger partial charge in [0, 0.05) is 18.8 Å². The van der Waals surface area contributed by atoms with Crippen LogP contribution in [0.4, 0.5) is 10.1 Å². The van der Waals surface area contributed by atoms with Crippen molar-refractivity contribution in [2.45, 2.75) is 20.4 Å². The van der Waals surface area contributed by atoms with E-state index >= 15 is 0 Å². The Labute approximate surface area is 124 Å². The van der Waals surface area contributed by atoms with Crippen molar-refractivity contribution in [3.8, 4) is 0 Å². The number of hydrogen-bond acceptors (Lipinski definition) is 2. The van der Waals surface area contributed by atoms with E-state index in [9.17, 15) is 9.18 Å². The van der Waals surface area contributed by atoms with Crippen molar-refractivity contribution in [1.82, 2.24) is 0 Å². The Morgan fingerprint density at radius 1 is 1.19 bits per heavy atom. The van der Waals surface area contributed by atoms with Gasteiger partial charge in [0.25, 0.3) is 5.91 Å². The molecule has 0 saturated carbocycles. The molecular weight excluding hydrogens is 267 g/mol. The third-order valence-electron chi connectivity index (χ3n) is 3.40. The van der Waals surface area contributed by atoms with E-state index < -0.39 is 5.82 Å². The lowest BCUT2D eigenvalue weighted by Gasteiger charge is -2.22. The summed E-state index contributed by atoms with van der Waals surface area (Å²) in [7, 11) is 0. The third-order valence-corrected chi connectivity index (χ3v) is 3.40. The average molecular weight is 286 g/mol. The smallest absolute Gasteiger partial charge is 0.261 e. The van der Waals surface area contributed by atoms with Crippen LogP contribution in [0.15, 0.2) is 42.5 Å². The highest BCUT2D eigenvalue weighted by molar-refractivity contribution is 6.06. The number of halogens is 1. The van der Waals surface area contributed by atoms with Gasteiger partial charge in [-0.25, -0.2) is 4.39 Å². The summed E-state index contributed by atoms with van der Waals surface area (Å²) >= 11 is 0. The number of nitrogens with zero attached hydrogens (tertiary/aromatic N) is 1. The van der Waals surface area contributed by atoms with E-state index in [1.165, 1.54) is 6.07 Å². The Kier molecular flexibility index (Phi) is 4.70. The second kappa shape index (κ2) is 6.50. The van der Waals surface area contributed by atoms with Gasteiger partial charge in [0.1, 0.15) is 5.82 Å². The number of amides is 1. The Morgan fingerprint density at radius 2 is 1.86 bits per heavy atom. The van der Waals surface area contributed by atoms with Gasteiger partial charge in [-0.2, -0.15) is 0 Å². The second-order valence-electron chi connectivity index (χ2n) is 4.90. The molecule has 2 N–H and O–H groups in total. The minimum atomic E-state index is -0.498. The molecule has 2 rings (SSSR count). The fourth-order valence-electron chi connectivity index (χ4n) is 2.20. The van der Waals surface area contributed by atoms with Crippen molar-refractivity contribution in [3.63, 3.8) is 0 Å². The molecule has 2 aromatic rings. The molecular formula is C17H19FN2O. The predicted molar refractivity (Wildman–Crippen MR) is 82.8 cm³/mol. The summed E-state index contributed by atoms with van der Waals surface area (Å²) in [5.74, 6) is -0.832. The molecule has 0 saturated heterocycles. The number of hydrogen-bond donors (Lipinski definition) is 1. The Balaban J connectivity index is 2.35. The van der Waals surface area contributed by atoms with Crippen LogP contribution in [0.25, 0.3) is 0 Å². The number of anilines is 1. The largest absolute Gasteiger partial charge is 0.326 e. The molecule has 0 aromatic heterocycles. The number of rotatable bonds is 4. The molecule has 0 fully saturated rings. The molecule has 2 aromatic carbocycles. The number of carbonyl (C=O) groups excluding carboxylic acids is 1. The standard InChI is InChI=1S/C17H19FN2O/c1-3-20(14-7-5-13(11-19)6-8-14)17(21)15-10-12(2)4-9-16(15)18/h4-10H,3,11,19H2,1-2H3. The summed E-state index contributed by atoms with van der Waals surface area (Å²) in [5.41, 5.74) is 8.25. The molecule has 21 heavy (non-hydrogen) atoms. The topological polar surface area (TPSA) is 46.3 Å². The second-order valence-corrected chi connectivity index (χ2v) is 4.90. The van der Waals surface area contributed by atoms with Crippen LogP contribution < -0.4 is 10.6 Å². The maximum atomic E-state index is 13.9. The normalized spacial score (nSPS) is 10.5. The molecule has 4 heteroatoms. The summed E-state index contributed by atoms with van der Waals surface area (Å²) in [6, 6.07) is 12.0. The van der Waals surface area contributed by atoms with Crippen molar-refractivity contribution < 1.29 is 9.18 Å². The van der Waals surface area contributed by atoms with Crippen LogP contribution in [0.2, 0.25) is 0 Å². The maximum Gasteiger partial charge on any atom is 0.261 e. The van der Waals surface area contributed by atoms with Gasteiger partial charge in [0.05, 0.1) is 5.56 Å². The van der Waals surface area contributed by atoms with E-state index in [1.807, 2.05) is 38.1 Å². The number of benzene rings is 2. The van der Waals surface area contributed by atoms with Gasteiger partial charge in [-0.3, -0.25) is 4.79 Å². The number of carbonyl (C=O) groups is 1. The van der Waals surface area contributed by atoms with Crippen LogP contribution >= 0.6 is 0 Å². The van der Waals surface area contributed by atoms with Crippen LogP contribution in [-0.2, 0) is 6.54 Å². The van der Waals surface area contributed by atoms with Crippen LogP contribution in [0, 0.1) is 12.7 Å². The zero-order valence-corrected chi connectivity index (χ0v) is 12.3. The minimum Gasteiger partial charge on any atom is -0.326 e. The molecule has 0 radical (unpaired) electrons. The van der Waals surface area contributed by atoms with Crippen molar-refractivity contribution >= 4 is 11.6 Å². The van der Waals surface area contributed by atoms with Crippen LogP contribution in [-0.4, -0.2) is 12.5 Å². The fraction of sp³-hybridized carbons (Fsp3) is 0.235. The third kappa shape index (κ3) is 3.28. The zero-order valence-electron chi connectivity index (χ0n) is 12.3. The molecule has 110 valence electrons. The van der Waals surface area contributed by atoms with E-state index in [4.69, 9.17) is 5.73 Å². The molecule has 0 bridgehead atoms. The molecule has 0 heterocycles. The predicted octanol–water partition coefficient (Wildman–Crippen LogP) is 3.26. The lowest BCUT2D eigenvalue weighted by molar-refractivity contribution is 0.0984. The minimum absolute atomic E-state index is 0.0970. The molecule has 1 amide bonds. The fourth-order valence-corrected chi connectivity index (χ4v) is 2.20. The Bertz CT molecular complexity index is 638. The van der Waals surface area contributed by atoms with E-state index in [0.717, 1.165) is 16.8 Å². The van der Waals surface area contributed by atoms with E-state index in [1.54, 1.807) is 17.0 Å². The maximum absolute atomic E-state index is 13.9. The van der Waals surface area contributed by atoms with E-state index in [2.05, 4.69) is 0 Å². The van der Waals surface area contributed by atoms with Crippen molar-refractivity contribution in [2.24, 2.45) is 5.73 Å². The van der Waals surface area contributed by atoms with Gasteiger partial charge in [-0.15, -0.1) is 0 Å². The Morgan fingerprint density at radius 3 is 2.43 bits per heavy atom. The van der Waals surface area contributed by atoms with Gasteiger partial charge in [-0.1, -0.05) is 23.8 Å². The summed E-state index contributed by atoms with van der Waals surface area (Å²) in [4.78, 5) is 14.1. The number of nitrogens with two attached hydrogens (primary N) is 1. The molecule has 0 aliphatic carbocycles. The van der Waals surface area contributed by atoms with Crippen LogP contribution in [0.1, 0.15) is 28.4 Å². The first-order valence-electron chi connectivity index (χ1n) is 6.93. The van der Waals surface area contributed by atoms with E-state index in [-0.39, 0.29) is 11.5 Å². The van der Waals surface area contributed by atoms with Crippen molar-refractivity contribution in [2.75, 3.05) is 11.4 Å². The molecule has 0 aliphatic heterocycles. The zero-order chi connectivity index (χ0) is 15.4. The van der Waals surface area contributed by atoms with Gasteiger partial charge >= 0.3 is 0 Å². The molecule has 0 atom stereocenters. The first-order valence-corrected chi connectivity index (χ1v) is 6.93. The first kappa shape index (κ1) is 15.2. The lowest BCUT2D eigenvalue weighted by atomic mass is 10.1. The van der Waals surface area contributed by atoms with E-state index in [0.29, 0.717) is 13.1 Å². The molecule has 0 aliphatic rings. The summed E-state index contributed by atoms with van der Waals surface area (Å²) in [5, 5.41) is 0. The molecule has 0 spiro atoms. The quantitative estimate of drug-likeness (QED) is 0.937. The highest BCUT2D eigenvalue weighted by Gasteiger charge is 2.19. The highest BCUT2D eigenvalue weighted by atomic mass is 19.1.